The highest BCUT2D eigenvalue weighted by molar-refractivity contribution is 7.80. The molecule has 0 unspecified atom stereocenters. The Bertz CT molecular complexity index is 1620. The summed E-state index contributed by atoms with van der Waals surface area (Å²) in [5.74, 6) is 0.0782. The first-order chi connectivity index (χ1) is 19.2. The van der Waals surface area contributed by atoms with Gasteiger partial charge in [0, 0.05) is 0 Å². The summed E-state index contributed by atoms with van der Waals surface area (Å²) in [5.41, 5.74) is -0.191. The van der Waals surface area contributed by atoms with Crippen molar-refractivity contribution in [3.8, 4) is 23.0 Å². The third-order valence-corrected chi connectivity index (χ3v) is 6.03. The van der Waals surface area contributed by atoms with Crippen molar-refractivity contribution < 1.29 is 32.2 Å². The van der Waals surface area contributed by atoms with Crippen LogP contribution >= 0.6 is 12.2 Å². The molecule has 40 heavy (non-hydrogen) atoms. The fourth-order valence-corrected chi connectivity index (χ4v) is 4.17. The second-order valence-electron chi connectivity index (χ2n) is 8.57. The lowest BCUT2D eigenvalue weighted by molar-refractivity contribution is -0.137. The van der Waals surface area contributed by atoms with Crippen molar-refractivity contribution in [2.24, 2.45) is 0 Å². The first kappa shape index (κ1) is 26.6. The molecule has 1 N–H and O–H groups in total. The smallest absolute Gasteiger partial charge is 0.416 e. The zero-order chi connectivity index (χ0) is 28.3. The monoisotopic (exact) mass is 560 g/mol. The maximum Gasteiger partial charge on any atom is 0.416 e. The van der Waals surface area contributed by atoms with Gasteiger partial charge in [-0.15, -0.1) is 0 Å². The fraction of sp³-hybridized carbons (Fsp3) is 0.0333. The predicted octanol–water partition coefficient (Wildman–Crippen LogP) is 7.12. The molecule has 1 saturated heterocycles. The van der Waals surface area contributed by atoms with E-state index in [1.807, 2.05) is 30.3 Å². The van der Waals surface area contributed by atoms with Crippen molar-refractivity contribution in [2.75, 3.05) is 4.90 Å². The Labute approximate surface area is 232 Å². The van der Waals surface area contributed by atoms with Gasteiger partial charge in [-0.25, -0.2) is 0 Å². The molecule has 0 spiro atoms. The molecule has 0 bridgehead atoms. The molecule has 5 rings (SSSR count). The number of rotatable bonds is 6. The van der Waals surface area contributed by atoms with Crippen LogP contribution in [0.5, 0.6) is 23.0 Å². The summed E-state index contributed by atoms with van der Waals surface area (Å²) >= 11 is 5.26. The van der Waals surface area contributed by atoms with E-state index in [9.17, 15) is 22.8 Å². The summed E-state index contributed by atoms with van der Waals surface area (Å²) in [5, 5.41) is 2.44. The molecule has 1 aliphatic rings. The van der Waals surface area contributed by atoms with Gasteiger partial charge in [-0.05, 0) is 90.6 Å². The second kappa shape index (κ2) is 11.0. The Kier molecular flexibility index (Phi) is 7.35. The maximum atomic E-state index is 13.4. The number of alkyl halides is 3. The van der Waals surface area contributed by atoms with Gasteiger partial charge in [-0.1, -0.05) is 36.4 Å². The number of halogens is 3. The van der Waals surface area contributed by atoms with Gasteiger partial charge in [-0.2, -0.15) is 13.2 Å². The number of anilines is 1. The highest BCUT2D eigenvalue weighted by Gasteiger charge is 2.34. The Hall–Kier alpha value is -4.96. The lowest BCUT2D eigenvalue weighted by atomic mass is 10.1. The lowest BCUT2D eigenvalue weighted by Gasteiger charge is -2.29. The minimum Gasteiger partial charge on any atom is -0.457 e. The number of nitrogens with zero attached hydrogens (tertiary/aromatic N) is 1. The summed E-state index contributed by atoms with van der Waals surface area (Å²) in [4.78, 5) is 27.3. The molecule has 1 fully saturated rings. The van der Waals surface area contributed by atoms with Crippen LogP contribution in [-0.2, 0) is 15.8 Å². The van der Waals surface area contributed by atoms with Gasteiger partial charge in [0.1, 0.15) is 28.6 Å². The molecule has 4 aromatic rings. The van der Waals surface area contributed by atoms with Crippen LogP contribution in [0.1, 0.15) is 11.1 Å². The molecule has 6 nitrogen and oxygen atoms in total. The van der Waals surface area contributed by atoms with E-state index >= 15 is 0 Å². The van der Waals surface area contributed by atoms with Gasteiger partial charge in [0.15, 0.2) is 5.11 Å². The molecule has 200 valence electrons. The fourth-order valence-electron chi connectivity index (χ4n) is 3.89. The van der Waals surface area contributed by atoms with E-state index in [1.165, 1.54) is 29.2 Å². The number of thiocarbonyl (C=S) groups is 1. The van der Waals surface area contributed by atoms with E-state index in [0.29, 0.717) is 22.7 Å². The average Bonchev–Trinajstić information content (AvgIpc) is 2.92. The van der Waals surface area contributed by atoms with Crippen LogP contribution < -0.4 is 19.7 Å². The Morgan fingerprint density at radius 2 is 1.32 bits per heavy atom. The quantitative estimate of drug-likeness (QED) is 0.155. The van der Waals surface area contributed by atoms with Crippen LogP contribution in [0.2, 0.25) is 0 Å². The zero-order valence-electron chi connectivity index (χ0n) is 20.5. The van der Waals surface area contributed by atoms with Gasteiger partial charge in [0.25, 0.3) is 11.8 Å². The molecule has 0 saturated carbocycles. The number of carbonyl (C=O) groups is 2. The number of ether oxygens (including phenoxy) is 2. The number of benzene rings is 4. The zero-order valence-corrected chi connectivity index (χ0v) is 21.3. The van der Waals surface area contributed by atoms with Crippen LogP contribution in [0.15, 0.2) is 109 Å². The number of amides is 2. The van der Waals surface area contributed by atoms with E-state index in [2.05, 4.69) is 5.32 Å². The first-order valence-corrected chi connectivity index (χ1v) is 12.3. The molecule has 2 amide bonds. The van der Waals surface area contributed by atoms with E-state index in [1.54, 1.807) is 42.5 Å². The highest BCUT2D eigenvalue weighted by Crippen LogP contribution is 2.33. The molecule has 0 atom stereocenters. The molecular formula is C30H19F3N2O4S. The summed E-state index contributed by atoms with van der Waals surface area (Å²) < 4.78 is 50.5. The van der Waals surface area contributed by atoms with Crippen LogP contribution in [0.3, 0.4) is 0 Å². The molecular weight excluding hydrogens is 541 g/mol. The van der Waals surface area contributed by atoms with E-state index in [0.717, 1.165) is 12.1 Å². The largest absolute Gasteiger partial charge is 0.457 e. The molecule has 0 aromatic heterocycles. The number of hydrogen-bond donors (Lipinski definition) is 1. The molecule has 10 heteroatoms. The number of carbonyl (C=O) groups excluding carboxylic acids is 2. The lowest BCUT2D eigenvalue weighted by Crippen LogP contribution is -2.54. The van der Waals surface area contributed by atoms with Gasteiger partial charge in [0.05, 0.1) is 11.3 Å². The number of hydrogen-bond acceptors (Lipinski definition) is 5. The van der Waals surface area contributed by atoms with Crippen LogP contribution in [0.25, 0.3) is 6.08 Å². The Balaban J connectivity index is 1.36. The Morgan fingerprint density at radius 3 is 2.02 bits per heavy atom. The van der Waals surface area contributed by atoms with Crippen molar-refractivity contribution in [1.29, 1.82) is 0 Å². The molecule has 0 radical (unpaired) electrons. The standard InChI is InChI=1S/C30H19F3N2O4S/c31-30(32,33)20-7-5-11-25(18-20)39-24-10-4-6-19(16-24)17-26-27(36)34-29(40)35(28(26)37)21-12-14-23(15-13-21)38-22-8-2-1-3-9-22/h1-18H,(H,34,36,40). The molecule has 0 aliphatic carbocycles. The molecule has 1 heterocycles. The summed E-state index contributed by atoms with van der Waals surface area (Å²) in [6, 6.07) is 26.5. The average molecular weight is 561 g/mol. The molecule has 1 aliphatic heterocycles. The summed E-state index contributed by atoms with van der Waals surface area (Å²) in [6.07, 6.45) is -3.15. The van der Waals surface area contributed by atoms with E-state index < -0.39 is 23.6 Å². The predicted molar refractivity (Wildman–Crippen MR) is 147 cm³/mol. The van der Waals surface area contributed by atoms with Gasteiger partial charge < -0.3 is 9.47 Å². The van der Waals surface area contributed by atoms with Crippen LogP contribution in [0.4, 0.5) is 18.9 Å². The van der Waals surface area contributed by atoms with E-state index in [-0.39, 0.29) is 22.2 Å². The number of para-hydroxylation sites is 1. The first-order valence-electron chi connectivity index (χ1n) is 11.9. The summed E-state index contributed by atoms with van der Waals surface area (Å²) in [7, 11) is 0. The minimum atomic E-state index is -4.51. The second-order valence-corrected chi connectivity index (χ2v) is 8.95. The van der Waals surface area contributed by atoms with Crippen molar-refractivity contribution in [3.05, 3.63) is 120 Å². The van der Waals surface area contributed by atoms with Crippen molar-refractivity contribution in [2.45, 2.75) is 6.18 Å². The van der Waals surface area contributed by atoms with Crippen molar-refractivity contribution in [1.82, 2.24) is 5.32 Å². The third kappa shape index (κ3) is 6.02. The van der Waals surface area contributed by atoms with Crippen molar-refractivity contribution >= 4 is 40.9 Å². The highest BCUT2D eigenvalue weighted by atomic mass is 32.1. The van der Waals surface area contributed by atoms with Gasteiger partial charge in [0.2, 0.25) is 0 Å². The van der Waals surface area contributed by atoms with Crippen LogP contribution in [-0.4, -0.2) is 16.9 Å². The third-order valence-electron chi connectivity index (χ3n) is 5.74. The molecule has 4 aromatic carbocycles. The number of nitrogens with one attached hydrogen (secondary N) is 1. The topological polar surface area (TPSA) is 67.9 Å². The normalized spacial score (nSPS) is 14.7. The van der Waals surface area contributed by atoms with Gasteiger partial charge >= 0.3 is 6.18 Å². The van der Waals surface area contributed by atoms with Gasteiger partial charge in [-0.3, -0.25) is 19.8 Å². The van der Waals surface area contributed by atoms with Crippen molar-refractivity contribution in [3.63, 3.8) is 0 Å². The SMILES string of the molecule is O=C1NC(=S)N(c2ccc(Oc3ccccc3)cc2)C(=O)C1=Cc1cccc(Oc2cccc(C(F)(F)F)c2)c1. The Morgan fingerprint density at radius 1 is 0.725 bits per heavy atom. The summed E-state index contributed by atoms with van der Waals surface area (Å²) in [6.45, 7) is 0. The van der Waals surface area contributed by atoms with Crippen LogP contribution in [0, 0.1) is 0 Å². The van der Waals surface area contributed by atoms with E-state index in [4.69, 9.17) is 21.7 Å². The maximum absolute atomic E-state index is 13.4. The minimum absolute atomic E-state index is 0.0117.